The zero-order valence-electron chi connectivity index (χ0n) is 18.4. The monoisotopic (exact) mass is 469 g/mol. The number of ether oxygens (including phenoxy) is 3. The van der Waals surface area contributed by atoms with Crippen LogP contribution in [0.2, 0.25) is 0 Å². The lowest BCUT2D eigenvalue weighted by atomic mass is 9.71. The molecule has 33 heavy (non-hydrogen) atoms. The van der Waals surface area contributed by atoms with Crippen LogP contribution in [0.25, 0.3) is 0 Å². The van der Waals surface area contributed by atoms with E-state index in [4.69, 9.17) is 14.2 Å². The van der Waals surface area contributed by atoms with E-state index in [-0.39, 0.29) is 23.8 Å². The number of fused-ring (bicyclic) bond motifs is 2. The quantitative estimate of drug-likeness (QED) is 0.611. The Morgan fingerprint density at radius 1 is 1.15 bits per heavy atom. The van der Waals surface area contributed by atoms with Crippen molar-refractivity contribution in [3.8, 4) is 17.6 Å². The van der Waals surface area contributed by atoms with Crippen LogP contribution >= 0.6 is 0 Å². The van der Waals surface area contributed by atoms with Gasteiger partial charge in [0.05, 0.1) is 22.8 Å². The summed E-state index contributed by atoms with van der Waals surface area (Å²) in [6, 6.07) is 12.6. The minimum absolute atomic E-state index is 0.0928. The van der Waals surface area contributed by atoms with Gasteiger partial charge in [-0.2, -0.15) is 5.26 Å². The van der Waals surface area contributed by atoms with Gasteiger partial charge in [-0.3, -0.25) is 0 Å². The second kappa shape index (κ2) is 8.86. The van der Waals surface area contributed by atoms with E-state index in [2.05, 4.69) is 16.1 Å². The van der Waals surface area contributed by atoms with E-state index in [1.165, 1.54) is 6.07 Å². The number of nitrogens with one attached hydrogen (secondary N) is 2. The summed E-state index contributed by atoms with van der Waals surface area (Å²) in [5.74, 6) is 2.51. The highest BCUT2D eigenvalue weighted by Gasteiger charge is 2.45. The smallest absolute Gasteiger partial charge is 0.240 e. The van der Waals surface area contributed by atoms with E-state index in [0.29, 0.717) is 35.9 Å². The number of hydrogen-bond donors (Lipinski definition) is 2. The van der Waals surface area contributed by atoms with Crippen molar-refractivity contribution in [3.05, 3.63) is 47.5 Å². The molecule has 1 aliphatic carbocycles. The van der Waals surface area contributed by atoms with Gasteiger partial charge in [0.2, 0.25) is 16.8 Å². The van der Waals surface area contributed by atoms with Crippen LogP contribution < -0.4 is 19.5 Å². The van der Waals surface area contributed by atoms with E-state index in [1.54, 1.807) is 12.1 Å². The van der Waals surface area contributed by atoms with E-state index in [0.717, 1.165) is 36.7 Å². The van der Waals surface area contributed by atoms with Crippen LogP contribution in [0.5, 0.6) is 11.5 Å². The molecule has 3 aliphatic rings. The number of benzene rings is 2. The van der Waals surface area contributed by atoms with Gasteiger partial charge in [0.25, 0.3) is 0 Å². The van der Waals surface area contributed by atoms with Crippen molar-refractivity contribution in [1.82, 2.24) is 4.72 Å². The normalized spacial score (nSPS) is 23.9. The van der Waals surface area contributed by atoms with Gasteiger partial charge >= 0.3 is 0 Å². The fraction of sp³-hybridized carbons (Fsp3) is 0.458. The van der Waals surface area contributed by atoms with Crippen molar-refractivity contribution >= 4 is 15.7 Å². The average Bonchev–Trinajstić information content (AvgIpc) is 3.41. The van der Waals surface area contributed by atoms with Crippen LogP contribution in [0.4, 0.5) is 5.69 Å². The molecule has 1 unspecified atom stereocenters. The zero-order valence-corrected chi connectivity index (χ0v) is 19.2. The van der Waals surface area contributed by atoms with Crippen molar-refractivity contribution in [2.24, 2.45) is 11.8 Å². The maximum Gasteiger partial charge on any atom is 0.240 e. The van der Waals surface area contributed by atoms with Gasteiger partial charge in [-0.05, 0) is 68.0 Å². The van der Waals surface area contributed by atoms with Gasteiger partial charge in [0.1, 0.15) is 6.07 Å². The summed E-state index contributed by atoms with van der Waals surface area (Å²) in [4.78, 5) is 0.0928. The number of nitriles is 1. The van der Waals surface area contributed by atoms with Crippen molar-refractivity contribution in [2.45, 2.75) is 43.2 Å². The van der Waals surface area contributed by atoms with Crippen molar-refractivity contribution in [3.63, 3.8) is 0 Å². The van der Waals surface area contributed by atoms with Crippen LogP contribution in [0, 0.1) is 23.2 Å². The van der Waals surface area contributed by atoms with Gasteiger partial charge in [-0.25, -0.2) is 13.1 Å². The van der Waals surface area contributed by atoms with Gasteiger partial charge in [-0.1, -0.05) is 6.07 Å². The minimum Gasteiger partial charge on any atom is -0.454 e. The summed E-state index contributed by atoms with van der Waals surface area (Å²) >= 11 is 0. The number of rotatable bonds is 8. The molecule has 2 aliphatic heterocycles. The molecule has 174 valence electrons. The summed E-state index contributed by atoms with van der Waals surface area (Å²) < 4.78 is 44.8. The Morgan fingerprint density at radius 2 is 2.00 bits per heavy atom. The lowest BCUT2D eigenvalue weighted by Gasteiger charge is -2.40. The van der Waals surface area contributed by atoms with Crippen LogP contribution in [0.3, 0.4) is 0 Å². The first-order valence-corrected chi connectivity index (χ1v) is 12.7. The summed E-state index contributed by atoms with van der Waals surface area (Å²) in [7, 11) is -3.75. The van der Waals surface area contributed by atoms with Gasteiger partial charge in [0, 0.05) is 24.6 Å². The van der Waals surface area contributed by atoms with Gasteiger partial charge < -0.3 is 19.5 Å². The Labute approximate surface area is 193 Å². The lowest BCUT2D eigenvalue weighted by molar-refractivity contribution is 0.174. The Kier molecular flexibility index (Phi) is 5.91. The predicted molar refractivity (Wildman–Crippen MR) is 122 cm³/mol. The molecule has 0 spiro atoms. The molecular formula is C24H27N3O5S. The number of aryl methyl sites for hydroxylation is 1. The summed E-state index contributed by atoms with van der Waals surface area (Å²) in [5, 5.41) is 13.0. The Balaban J connectivity index is 1.21. The van der Waals surface area contributed by atoms with Crippen LogP contribution in [0.1, 0.15) is 30.9 Å². The predicted octanol–water partition coefficient (Wildman–Crippen LogP) is 3.03. The molecule has 5 rings (SSSR count). The Hall–Kier alpha value is -2.80. The highest BCUT2D eigenvalue weighted by molar-refractivity contribution is 7.89. The summed E-state index contributed by atoms with van der Waals surface area (Å²) in [5.41, 5.74) is 2.05. The summed E-state index contributed by atoms with van der Waals surface area (Å²) in [6.45, 7) is 3.61. The van der Waals surface area contributed by atoms with E-state index >= 15 is 0 Å². The molecule has 2 heterocycles. The molecule has 2 aromatic carbocycles. The van der Waals surface area contributed by atoms with Crippen molar-refractivity contribution in [2.75, 3.05) is 25.3 Å². The van der Waals surface area contributed by atoms with E-state index in [1.807, 2.05) is 25.1 Å². The molecule has 2 aromatic rings. The number of nitrogens with zero attached hydrogens (tertiary/aromatic N) is 1. The average molecular weight is 470 g/mol. The van der Waals surface area contributed by atoms with Crippen LogP contribution in [-0.4, -0.2) is 40.5 Å². The molecule has 0 radical (unpaired) electrons. The molecular weight excluding hydrogens is 442 g/mol. The molecule has 2 N–H and O–H groups in total. The molecule has 1 saturated heterocycles. The number of sulfonamides is 1. The fourth-order valence-electron chi connectivity index (χ4n) is 4.75. The van der Waals surface area contributed by atoms with E-state index < -0.39 is 10.0 Å². The maximum atomic E-state index is 12.9. The standard InChI is InChI=1S/C24H27N3O5S/c1-15(2-3-16-4-7-23-24(8-16)32-14-31-23)27-33(28,29)19-5-6-21(17(9-19)11-25)26-22-10-18-12-30-13-20(18)22/h4-9,15,18,20,22,26-27H,2-3,10,12-14H2,1H3/t15?,18-,20+,22-/m1/s1. The lowest BCUT2D eigenvalue weighted by Crippen LogP contribution is -2.45. The third-order valence-corrected chi connectivity index (χ3v) is 8.33. The first-order valence-electron chi connectivity index (χ1n) is 11.2. The number of hydrogen-bond acceptors (Lipinski definition) is 7. The van der Waals surface area contributed by atoms with Crippen LogP contribution in [0.15, 0.2) is 41.3 Å². The molecule has 4 atom stereocenters. The largest absolute Gasteiger partial charge is 0.454 e. The van der Waals surface area contributed by atoms with Crippen molar-refractivity contribution in [1.29, 1.82) is 5.26 Å². The zero-order chi connectivity index (χ0) is 23.0. The molecule has 9 heteroatoms. The first kappa shape index (κ1) is 22.0. The minimum atomic E-state index is -3.75. The third kappa shape index (κ3) is 4.51. The maximum absolute atomic E-state index is 12.9. The molecule has 2 fully saturated rings. The molecule has 8 nitrogen and oxygen atoms in total. The second-order valence-electron chi connectivity index (χ2n) is 9.02. The molecule has 1 saturated carbocycles. The highest BCUT2D eigenvalue weighted by Crippen LogP contribution is 2.41. The SMILES string of the molecule is CC(CCc1ccc2c(c1)OCO2)NS(=O)(=O)c1ccc(N[C@@H]2C[C@@H]3COC[C@@H]32)c(C#N)c1. The van der Waals surface area contributed by atoms with Gasteiger partial charge in [-0.15, -0.1) is 0 Å². The van der Waals surface area contributed by atoms with E-state index in [9.17, 15) is 13.7 Å². The fourth-order valence-corrected chi connectivity index (χ4v) is 6.06. The highest BCUT2D eigenvalue weighted by atomic mass is 32.2. The van der Waals surface area contributed by atoms with Crippen LogP contribution in [-0.2, 0) is 21.2 Å². The summed E-state index contributed by atoms with van der Waals surface area (Å²) in [6.07, 6.45) is 2.33. The third-order valence-electron chi connectivity index (χ3n) is 6.74. The molecule has 0 bridgehead atoms. The topological polar surface area (TPSA) is 110 Å². The van der Waals surface area contributed by atoms with Gasteiger partial charge in [0.15, 0.2) is 11.5 Å². The molecule has 0 aromatic heterocycles. The number of anilines is 1. The van der Waals surface area contributed by atoms with Crippen molar-refractivity contribution < 1.29 is 22.6 Å². The molecule has 0 amide bonds. The second-order valence-corrected chi connectivity index (χ2v) is 10.7. The Morgan fingerprint density at radius 3 is 2.82 bits per heavy atom. The first-order chi connectivity index (χ1) is 15.9. The Bertz CT molecular complexity index is 1190.